The molecule has 0 aliphatic heterocycles. The smallest absolute Gasteiger partial charge is 0.262 e. The number of anilines is 2. The van der Waals surface area contributed by atoms with E-state index < -0.39 is 0 Å². The fourth-order valence-electron chi connectivity index (χ4n) is 1.92. The fourth-order valence-corrected chi connectivity index (χ4v) is 1.92. The summed E-state index contributed by atoms with van der Waals surface area (Å²) in [5.41, 5.74) is 9.11. The summed E-state index contributed by atoms with van der Waals surface area (Å²) in [6, 6.07) is 12.9. The molecule has 0 heterocycles. The third-order valence-electron chi connectivity index (χ3n) is 2.86. The van der Waals surface area contributed by atoms with Crippen LogP contribution < -0.4 is 15.8 Å². The molecule has 1 amide bonds. The second-order valence-corrected chi connectivity index (χ2v) is 4.73. The Morgan fingerprint density at radius 2 is 2.00 bits per heavy atom. The number of hydrogen-bond acceptors (Lipinski definition) is 3. The van der Waals surface area contributed by atoms with Crippen LogP contribution in [0.15, 0.2) is 42.5 Å². The van der Waals surface area contributed by atoms with E-state index in [4.69, 9.17) is 10.5 Å². The van der Waals surface area contributed by atoms with Gasteiger partial charge in [-0.15, -0.1) is 0 Å². The zero-order valence-electron chi connectivity index (χ0n) is 11.6. The maximum atomic E-state index is 11.8. The van der Waals surface area contributed by atoms with Crippen LogP contribution in [0, 0.1) is 13.8 Å². The molecular formula is C16H18N2O2. The average Bonchev–Trinajstić information content (AvgIpc) is 2.37. The van der Waals surface area contributed by atoms with Crippen molar-refractivity contribution in [2.45, 2.75) is 13.8 Å². The van der Waals surface area contributed by atoms with Gasteiger partial charge in [-0.25, -0.2) is 0 Å². The molecule has 4 nitrogen and oxygen atoms in total. The van der Waals surface area contributed by atoms with E-state index in [9.17, 15) is 4.79 Å². The fraction of sp³-hybridized carbons (Fsp3) is 0.188. The second-order valence-electron chi connectivity index (χ2n) is 4.73. The molecule has 104 valence electrons. The van der Waals surface area contributed by atoms with Crippen LogP contribution in [0.25, 0.3) is 0 Å². The highest BCUT2D eigenvalue weighted by Gasteiger charge is 2.05. The van der Waals surface area contributed by atoms with Gasteiger partial charge in [0.05, 0.1) is 0 Å². The SMILES string of the molecule is Cc1ccc(OCC(=O)Nc2cccc(N)c2)c(C)c1. The molecule has 0 unspecified atom stereocenters. The molecule has 0 spiro atoms. The first-order chi connectivity index (χ1) is 9.54. The summed E-state index contributed by atoms with van der Waals surface area (Å²) in [4.78, 5) is 11.8. The highest BCUT2D eigenvalue weighted by Crippen LogP contribution is 2.18. The molecule has 0 saturated carbocycles. The number of amides is 1. The molecule has 0 atom stereocenters. The lowest BCUT2D eigenvalue weighted by Gasteiger charge is -2.10. The van der Waals surface area contributed by atoms with Crippen molar-refractivity contribution in [3.8, 4) is 5.75 Å². The minimum atomic E-state index is -0.212. The Morgan fingerprint density at radius 3 is 2.70 bits per heavy atom. The molecule has 0 fully saturated rings. The number of ether oxygens (including phenoxy) is 1. The van der Waals surface area contributed by atoms with Gasteiger partial charge >= 0.3 is 0 Å². The van der Waals surface area contributed by atoms with Gasteiger partial charge in [-0.05, 0) is 43.7 Å². The molecule has 2 aromatic rings. The Bertz CT molecular complexity index is 624. The molecule has 4 heteroatoms. The van der Waals surface area contributed by atoms with E-state index in [0.717, 1.165) is 11.3 Å². The third-order valence-corrected chi connectivity index (χ3v) is 2.86. The van der Waals surface area contributed by atoms with Crippen LogP contribution in [0.5, 0.6) is 5.75 Å². The van der Waals surface area contributed by atoms with E-state index in [1.165, 1.54) is 5.56 Å². The zero-order valence-corrected chi connectivity index (χ0v) is 11.6. The summed E-state index contributed by atoms with van der Waals surface area (Å²) in [7, 11) is 0. The first-order valence-corrected chi connectivity index (χ1v) is 6.40. The summed E-state index contributed by atoms with van der Waals surface area (Å²) >= 11 is 0. The van der Waals surface area contributed by atoms with Crippen molar-refractivity contribution in [1.82, 2.24) is 0 Å². The maximum absolute atomic E-state index is 11.8. The number of carbonyl (C=O) groups is 1. The van der Waals surface area contributed by atoms with Crippen molar-refractivity contribution in [2.75, 3.05) is 17.7 Å². The van der Waals surface area contributed by atoms with Gasteiger partial charge in [0, 0.05) is 11.4 Å². The summed E-state index contributed by atoms with van der Waals surface area (Å²) in [6.45, 7) is 3.94. The molecule has 3 N–H and O–H groups in total. The number of hydrogen-bond donors (Lipinski definition) is 2. The number of rotatable bonds is 4. The molecule has 0 aromatic heterocycles. The van der Waals surface area contributed by atoms with Crippen LogP contribution in [0.2, 0.25) is 0 Å². The summed E-state index contributed by atoms with van der Waals surface area (Å²) in [5, 5.41) is 2.74. The number of nitrogens with two attached hydrogens (primary N) is 1. The van der Waals surface area contributed by atoms with Gasteiger partial charge in [0.2, 0.25) is 0 Å². The number of carbonyl (C=O) groups excluding carboxylic acids is 1. The Balaban J connectivity index is 1.92. The molecular weight excluding hydrogens is 252 g/mol. The second kappa shape index (κ2) is 6.10. The molecule has 2 aromatic carbocycles. The van der Waals surface area contributed by atoms with Crippen molar-refractivity contribution in [3.05, 3.63) is 53.6 Å². The predicted octanol–water partition coefficient (Wildman–Crippen LogP) is 2.90. The molecule has 20 heavy (non-hydrogen) atoms. The minimum absolute atomic E-state index is 0.0291. The number of nitrogen functional groups attached to an aromatic ring is 1. The Kier molecular flexibility index (Phi) is 4.25. The Labute approximate surface area is 118 Å². The maximum Gasteiger partial charge on any atom is 0.262 e. The van der Waals surface area contributed by atoms with E-state index in [1.54, 1.807) is 24.3 Å². The molecule has 0 radical (unpaired) electrons. The van der Waals surface area contributed by atoms with Crippen LogP contribution >= 0.6 is 0 Å². The van der Waals surface area contributed by atoms with E-state index in [0.29, 0.717) is 11.4 Å². The van der Waals surface area contributed by atoms with E-state index in [1.807, 2.05) is 32.0 Å². The molecule has 0 saturated heterocycles. The highest BCUT2D eigenvalue weighted by atomic mass is 16.5. The van der Waals surface area contributed by atoms with Gasteiger partial charge in [-0.1, -0.05) is 23.8 Å². The number of aryl methyl sites for hydroxylation is 2. The Morgan fingerprint density at radius 1 is 1.20 bits per heavy atom. The van der Waals surface area contributed by atoms with Crippen LogP contribution in [0.4, 0.5) is 11.4 Å². The summed E-state index contributed by atoms with van der Waals surface area (Å²) in [5.74, 6) is 0.508. The molecule has 0 aliphatic rings. The van der Waals surface area contributed by atoms with Crippen LogP contribution in [0.3, 0.4) is 0 Å². The van der Waals surface area contributed by atoms with Gasteiger partial charge in [0.15, 0.2) is 6.61 Å². The van der Waals surface area contributed by atoms with E-state index in [2.05, 4.69) is 5.32 Å². The van der Waals surface area contributed by atoms with Gasteiger partial charge < -0.3 is 15.8 Å². The van der Waals surface area contributed by atoms with Gasteiger partial charge in [0.1, 0.15) is 5.75 Å². The van der Waals surface area contributed by atoms with E-state index in [-0.39, 0.29) is 12.5 Å². The molecule has 0 bridgehead atoms. The van der Waals surface area contributed by atoms with Crippen LogP contribution in [0.1, 0.15) is 11.1 Å². The van der Waals surface area contributed by atoms with Crippen LogP contribution in [-0.4, -0.2) is 12.5 Å². The van der Waals surface area contributed by atoms with Crippen LogP contribution in [-0.2, 0) is 4.79 Å². The van der Waals surface area contributed by atoms with E-state index >= 15 is 0 Å². The standard InChI is InChI=1S/C16H18N2O2/c1-11-6-7-15(12(2)8-11)20-10-16(19)18-14-5-3-4-13(17)9-14/h3-9H,10,17H2,1-2H3,(H,18,19). The van der Waals surface area contributed by atoms with Gasteiger partial charge in [0.25, 0.3) is 5.91 Å². The third kappa shape index (κ3) is 3.75. The topological polar surface area (TPSA) is 64.3 Å². The zero-order chi connectivity index (χ0) is 14.5. The largest absolute Gasteiger partial charge is 0.483 e. The molecule has 2 rings (SSSR count). The lowest BCUT2D eigenvalue weighted by atomic mass is 10.1. The monoisotopic (exact) mass is 270 g/mol. The average molecular weight is 270 g/mol. The van der Waals surface area contributed by atoms with Gasteiger partial charge in [-0.2, -0.15) is 0 Å². The first-order valence-electron chi connectivity index (χ1n) is 6.40. The van der Waals surface area contributed by atoms with Crippen molar-refractivity contribution in [1.29, 1.82) is 0 Å². The summed E-state index contributed by atoms with van der Waals surface area (Å²) in [6.07, 6.45) is 0. The predicted molar refractivity (Wildman–Crippen MR) is 80.9 cm³/mol. The summed E-state index contributed by atoms with van der Waals surface area (Å²) < 4.78 is 5.51. The van der Waals surface area contributed by atoms with Gasteiger partial charge in [-0.3, -0.25) is 4.79 Å². The highest BCUT2D eigenvalue weighted by molar-refractivity contribution is 5.92. The number of nitrogens with one attached hydrogen (secondary N) is 1. The lowest BCUT2D eigenvalue weighted by Crippen LogP contribution is -2.20. The first kappa shape index (κ1) is 13.9. The quantitative estimate of drug-likeness (QED) is 0.840. The number of benzene rings is 2. The molecule has 0 aliphatic carbocycles. The minimum Gasteiger partial charge on any atom is -0.483 e. The van der Waals surface area contributed by atoms with Crippen molar-refractivity contribution >= 4 is 17.3 Å². The Hall–Kier alpha value is -2.49. The van der Waals surface area contributed by atoms with Crippen molar-refractivity contribution in [3.63, 3.8) is 0 Å². The van der Waals surface area contributed by atoms with Crippen molar-refractivity contribution < 1.29 is 9.53 Å². The lowest BCUT2D eigenvalue weighted by molar-refractivity contribution is -0.118. The normalized spacial score (nSPS) is 10.1. The van der Waals surface area contributed by atoms with Crippen molar-refractivity contribution in [2.24, 2.45) is 0 Å².